The zero-order chi connectivity index (χ0) is 16.7. The van der Waals surface area contributed by atoms with Gasteiger partial charge in [-0.1, -0.05) is 34.6 Å². The van der Waals surface area contributed by atoms with Gasteiger partial charge in [0.2, 0.25) is 0 Å². The van der Waals surface area contributed by atoms with E-state index in [-0.39, 0.29) is 0 Å². The molecule has 0 N–H and O–H groups in total. The summed E-state index contributed by atoms with van der Waals surface area (Å²) in [5.74, 6) is 0. The summed E-state index contributed by atoms with van der Waals surface area (Å²) in [5.41, 5.74) is 0. The van der Waals surface area contributed by atoms with E-state index in [1.807, 2.05) is 0 Å². The first-order chi connectivity index (χ1) is 10.7. The lowest BCUT2D eigenvalue weighted by molar-refractivity contribution is 0.0597. The normalized spacial score (nSPS) is 12.3. The van der Waals surface area contributed by atoms with E-state index in [1.165, 1.54) is 0 Å². The Morgan fingerprint density at radius 2 is 0.864 bits per heavy atom. The van der Waals surface area contributed by atoms with Gasteiger partial charge in [0.25, 0.3) is 0 Å². The topological polar surface area (TPSA) is 46.2 Å². The van der Waals surface area contributed by atoms with Crippen molar-refractivity contribution in [1.29, 1.82) is 0 Å². The molecule has 0 spiro atoms. The van der Waals surface area contributed by atoms with Crippen LogP contribution in [0.15, 0.2) is 0 Å². The molecule has 0 heterocycles. The molecule has 0 aromatic rings. The maximum absolute atomic E-state index is 6.13. The highest BCUT2D eigenvalue weighted by Gasteiger charge is 2.56. The fraction of sp³-hybridized carbons (Fsp3) is 1.00. The molecule has 0 atom stereocenters. The van der Waals surface area contributed by atoms with Crippen LogP contribution in [0.5, 0.6) is 0 Å². The predicted molar refractivity (Wildman–Crippen MR) is 92.7 cm³/mol. The highest BCUT2D eigenvalue weighted by atomic mass is 29.3. The lowest BCUT2D eigenvalue weighted by atomic mass is 10.5. The summed E-state index contributed by atoms with van der Waals surface area (Å²) >= 11 is 0. The van der Waals surface area contributed by atoms with Gasteiger partial charge in [0.05, 0.1) is 0 Å². The third-order valence-corrected chi connectivity index (χ3v) is 9.46. The molecule has 0 unspecified atom stereocenters. The van der Waals surface area contributed by atoms with Gasteiger partial charge in [-0.15, -0.1) is 0 Å². The minimum atomic E-state index is -2.90. The number of hydrogen-bond donors (Lipinski definition) is 0. The molecule has 0 amide bonds. The third-order valence-electron chi connectivity index (χ3n) is 2.61. The van der Waals surface area contributed by atoms with Crippen LogP contribution in [0.2, 0.25) is 0 Å². The van der Waals surface area contributed by atoms with Crippen LogP contribution in [0, 0.1) is 0 Å². The zero-order valence-corrected chi connectivity index (χ0v) is 17.1. The molecule has 0 saturated carbocycles. The Bertz CT molecular complexity index is 214. The van der Waals surface area contributed by atoms with Crippen molar-refractivity contribution in [1.82, 2.24) is 0 Å². The highest BCUT2D eigenvalue weighted by Crippen LogP contribution is 2.18. The van der Waals surface area contributed by atoms with E-state index in [0.29, 0.717) is 33.0 Å². The van der Waals surface area contributed by atoms with E-state index in [1.54, 1.807) is 0 Å². The SMILES string of the molecule is CCCO[Si](OCCC)[Si](OCCC)(OCCC)OCCC. The second-order valence-corrected chi connectivity index (χ2v) is 11.3. The molecule has 0 aromatic heterocycles. The summed E-state index contributed by atoms with van der Waals surface area (Å²) in [7, 11) is -4.62. The quantitative estimate of drug-likeness (QED) is 0.397. The van der Waals surface area contributed by atoms with Gasteiger partial charge in [0.15, 0.2) is 0 Å². The van der Waals surface area contributed by atoms with Gasteiger partial charge in [-0.3, -0.25) is 0 Å². The smallest absolute Gasteiger partial charge is 0.391 e. The molecule has 0 aliphatic carbocycles. The second-order valence-electron chi connectivity index (χ2n) is 5.09. The first-order valence-electron chi connectivity index (χ1n) is 8.75. The molecule has 0 aliphatic rings. The third kappa shape index (κ3) is 8.76. The minimum Gasteiger partial charge on any atom is -0.391 e. The van der Waals surface area contributed by atoms with Crippen LogP contribution in [0.3, 0.4) is 0 Å². The largest absolute Gasteiger partial charge is 0.541 e. The molecule has 0 fully saturated rings. The zero-order valence-electron chi connectivity index (χ0n) is 15.1. The maximum Gasteiger partial charge on any atom is 0.541 e. The van der Waals surface area contributed by atoms with Crippen molar-refractivity contribution in [2.75, 3.05) is 33.0 Å². The molecular weight excluding hydrogens is 316 g/mol. The van der Waals surface area contributed by atoms with Gasteiger partial charge >= 0.3 is 17.1 Å². The van der Waals surface area contributed by atoms with Crippen LogP contribution in [0.25, 0.3) is 0 Å². The fourth-order valence-electron chi connectivity index (χ4n) is 1.62. The van der Waals surface area contributed by atoms with Crippen molar-refractivity contribution in [2.24, 2.45) is 0 Å². The highest BCUT2D eigenvalue weighted by molar-refractivity contribution is 7.19. The molecule has 0 rings (SSSR count). The Hall–Kier alpha value is 0.234. The lowest BCUT2D eigenvalue weighted by Gasteiger charge is -2.33. The fourth-order valence-corrected chi connectivity index (χ4v) is 8.51. The molecule has 133 valence electrons. The van der Waals surface area contributed by atoms with Crippen LogP contribution in [0.1, 0.15) is 66.7 Å². The van der Waals surface area contributed by atoms with E-state index in [2.05, 4.69) is 34.6 Å². The molecule has 7 heteroatoms. The summed E-state index contributed by atoms with van der Waals surface area (Å²) in [4.78, 5) is 0. The minimum absolute atomic E-state index is 0.624. The van der Waals surface area contributed by atoms with Crippen LogP contribution in [-0.2, 0) is 22.1 Å². The molecule has 0 bridgehead atoms. The second kappa shape index (κ2) is 14.8. The Morgan fingerprint density at radius 1 is 0.545 bits per heavy atom. The van der Waals surface area contributed by atoms with Gasteiger partial charge in [-0.2, -0.15) is 0 Å². The Morgan fingerprint density at radius 3 is 1.14 bits per heavy atom. The van der Waals surface area contributed by atoms with Crippen molar-refractivity contribution in [3.8, 4) is 0 Å². The van der Waals surface area contributed by atoms with Gasteiger partial charge in [0.1, 0.15) is 0 Å². The summed E-state index contributed by atoms with van der Waals surface area (Å²) in [6.45, 7) is 13.6. The van der Waals surface area contributed by atoms with Gasteiger partial charge in [-0.25, -0.2) is 0 Å². The van der Waals surface area contributed by atoms with Crippen LogP contribution in [0.4, 0.5) is 0 Å². The first-order valence-corrected chi connectivity index (χ1v) is 12.8. The number of rotatable bonds is 16. The van der Waals surface area contributed by atoms with Gasteiger partial charge < -0.3 is 22.1 Å². The number of hydrogen-bond acceptors (Lipinski definition) is 5. The Kier molecular flexibility index (Phi) is 15.0. The monoisotopic (exact) mass is 351 g/mol. The van der Waals surface area contributed by atoms with E-state index in [9.17, 15) is 0 Å². The summed E-state index contributed by atoms with van der Waals surface area (Å²) in [6, 6.07) is 0. The van der Waals surface area contributed by atoms with E-state index < -0.39 is 17.1 Å². The molecule has 0 saturated heterocycles. The molecule has 22 heavy (non-hydrogen) atoms. The molecular formula is C15H35O5Si2. The summed E-state index contributed by atoms with van der Waals surface area (Å²) in [6.07, 6.45) is 4.68. The average Bonchev–Trinajstić information content (AvgIpc) is 2.55. The van der Waals surface area contributed by atoms with Crippen molar-refractivity contribution in [2.45, 2.75) is 66.7 Å². The van der Waals surface area contributed by atoms with Crippen molar-refractivity contribution >= 4 is 17.1 Å². The Labute approximate surface area is 139 Å². The van der Waals surface area contributed by atoms with Crippen molar-refractivity contribution in [3.05, 3.63) is 0 Å². The molecule has 5 nitrogen and oxygen atoms in total. The first kappa shape index (κ1) is 22.2. The van der Waals surface area contributed by atoms with Crippen LogP contribution < -0.4 is 0 Å². The van der Waals surface area contributed by atoms with Crippen molar-refractivity contribution in [3.63, 3.8) is 0 Å². The van der Waals surface area contributed by atoms with E-state index in [0.717, 1.165) is 32.1 Å². The van der Waals surface area contributed by atoms with Gasteiger partial charge in [-0.05, 0) is 32.1 Å². The van der Waals surface area contributed by atoms with E-state index >= 15 is 0 Å². The Balaban J connectivity index is 5.13. The van der Waals surface area contributed by atoms with Crippen LogP contribution >= 0.6 is 0 Å². The lowest BCUT2D eigenvalue weighted by Crippen LogP contribution is -2.62. The predicted octanol–water partition coefficient (Wildman–Crippen LogP) is 3.62. The summed E-state index contributed by atoms with van der Waals surface area (Å²) in [5, 5.41) is 0. The molecule has 0 aromatic carbocycles. The van der Waals surface area contributed by atoms with Gasteiger partial charge in [0, 0.05) is 33.0 Å². The average molecular weight is 352 g/mol. The molecule has 0 aliphatic heterocycles. The molecule has 1 radical (unpaired) electrons. The maximum atomic E-state index is 6.13. The standard InChI is InChI=1S/C15H35O5Si2/c1-6-11-16-21(17-12-7-2)22(18-13-8-3,19-14-9-4)20-15-10-5/h6-15H2,1-5H3. The van der Waals surface area contributed by atoms with Crippen molar-refractivity contribution < 1.29 is 22.1 Å². The summed E-state index contributed by atoms with van der Waals surface area (Å²) < 4.78 is 30.4. The van der Waals surface area contributed by atoms with Crippen LogP contribution in [-0.4, -0.2) is 50.2 Å². The van der Waals surface area contributed by atoms with E-state index in [4.69, 9.17) is 22.1 Å².